The average Bonchev–Trinajstić information content (AvgIpc) is 2.29. The fraction of sp³-hybridized carbons (Fsp3) is 0.562. The lowest BCUT2D eigenvalue weighted by Crippen LogP contribution is -2.48. The smallest absolute Gasteiger partial charge is 0.224 e. The molecule has 0 atom stereocenters. The van der Waals surface area contributed by atoms with Gasteiger partial charge < -0.3 is 10.6 Å². The lowest BCUT2D eigenvalue weighted by atomic mass is 10.0. The molecular weight excluding hydrogens is 236 g/mol. The Morgan fingerprint density at radius 1 is 1.26 bits per heavy atom. The Labute approximate surface area is 115 Å². The molecule has 2 rings (SSSR count). The van der Waals surface area contributed by atoms with E-state index in [1.165, 1.54) is 5.56 Å². The SMILES string of the molecule is CC(C)Cc1ccc(CC(=O)NCC2CNC2)cc1. The average molecular weight is 260 g/mol. The molecule has 0 aliphatic carbocycles. The van der Waals surface area contributed by atoms with Crippen LogP contribution in [0.25, 0.3) is 0 Å². The number of carbonyl (C=O) groups excluding carboxylic acids is 1. The van der Waals surface area contributed by atoms with Crippen molar-refractivity contribution in [1.29, 1.82) is 0 Å². The Morgan fingerprint density at radius 3 is 2.42 bits per heavy atom. The van der Waals surface area contributed by atoms with E-state index in [-0.39, 0.29) is 5.91 Å². The summed E-state index contributed by atoms with van der Waals surface area (Å²) >= 11 is 0. The molecule has 1 aliphatic heterocycles. The fourth-order valence-electron chi connectivity index (χ4n) is 2.26. The molecule has 0 spiro atoms. The summed E-state index contributed by atoms with van der Waals surface area (Å²) in [5, 5.41) is 6.21. The minimum absolute atomic E-state index is 0.128. The van der Waals surface area contributed by atoms with Gasteiger partial charge in [0.1, 0.15) is 0 Å². The van der Waals surface area contributed by atoms with Crippen LogP contribution in [0.5, 0.6) is 0 Å². The first-order valence-corrected chi connectivity index (χ1v) is 7.18. The number of hydrogen-bond acceptors (Lipinski definition) is 2. The van der Waals surface area contributed by atoms with Gasteiger partial charge in [-0.3, -0.25) is 4.79 Å². The van der Waals surface area contributed by atoms with Gasteiger partial charge in [-0.05, 0) is 23.5 Å². The normalized spacial score (nSPS) is 15.3. The lowest BCUT2D eigenvalue weighted by Gasteiger charge is -2.27. The Balaban J connectivity index is 1.76. The summed E-state index contributed by atoms with van der Waals surface area (Å²) in [6.45, 7) is 7.30. The van der Waals surface area contributed by atoms with Crippen molar-refractivity contribution in [2.75, 3.05) is 19.6 Å². The molecular formula is C16H24N2O. The summed E-state index contributed by atoms with van der Waals surface area (Å²) in [4.78, 5) is 11.8. The molecule has 0 unspecified atom stereocenters. The van der Waals surface area contributed by atoms with Gasteiger partial charge in [0.05, 0.1) is 6.42 Å². The second kappa shape index (κ2) is 6.71. The molecule has 1 aromatic rings. The summed E-state index contributed by atoms with van der Waals surface area (Å²) in [5.74, 6) is 1.42. The standard InChI is InChI=1S/C16H24N2O/c1-12(2)7-13-3-5-14(6-4-13)8-16(19)18-11-15-9-17-10-15/h3-6,12,15,17H,7-11H2,1-2H3,(H,18,19). The highest BCUT2D eigenvalue weighted by Crippen LogP contribution is 2.10. The van der Waals surface area contributed by atoms with Gasteiger partial charge in [-0.2, -0.15) is 0 Å². The van der Waals surface area contributed by atoms with Crippen LogP contribution in [0.3, 0.4) is 0 Å². The molecule has 19 heavy (non-hydrogen) atoms. The van der Waals surface area contributed by atoms with E-state index in [9.17, 15) is 4.79 Å². The van der Waals surface area contributed by atoms with Crippen LogP contribution >= 0.6 is 0 Å². The van der Waals surface area contributed by atoms with E-state index in [1.54, 1.807) is 0 Å². The quantitative estimate of drug-likeness (QED) is 0.818. The van der Waals surface area contributed by atoms with E-state index >= 15 is 0 Å². The maximum atomic E-state index is 11.8. The van der Waals surface area contributed by atoms with Gasteiger partial charge in [0.25, 0.3) is 0 Å². The molecule has 0 radical (unpaired) electrons. The third-order valence-corrected chi connectivity index (χ3v) is 3.49. The predicted molar refractivity (Wildman–Crippen MR) is 78.1 cm³/mol. The fourth-order valence-corrected chi connectivity index (χ4v) is 2.26. The summed E-state index contributed by atoms with van der Waals surface area (Å²) in [7, 11) is 0. The second-order valence-electron chi connectivity index (χ2n) is 5.92. The van der Waals surface area contributed by atoms with Crippen molar-refractivity contribution in [3.8, 4) is 0 Å². The Bertz CT molecular complexity index is 407. The third kappa shape index (κ3) is 4.67. The molecule has 1 fully saturated rings. The molecule has 0 saturated carbocycles. The van der Waals surface area contributed by atoms with Crippen LogP contribution in [0.4, 0.5) is 0 Å². The Morgan fingerprint density at radius 2 is 1.89 bits per heavy atom. The van der Waals surface area contributed by atoms with E-state index < -0.39 is 0 Å². The second-order valence-corrected chi connectivity index (χ2v) is 5.92. The van der Waals surface area contributed by atoms with Gasteiger partial charge in [0.15, 0.2) is 0 Å². The van der Waals surface area contributed by atoms with Crippen LogP contribution in [-0.2, 0) is 17.6 Å². The van der Waals surface area contributed by atoms with Crippen LogP contribution in [0.1, 0.15) is 25.0 Å². The highest BCUT2D eigenvalue weighted by molar-refractivity contribution is 5.78. The number of nitrogens with one attached hydrogen (secondary N) is 2. The summed E-state index contributed by atoms with van der Waals surface area (Å²) in [6.07, 6.45) is 1.59. The summed E-state index contributed by atoms with van der Waals surface area (Å²) in [5.41, 5.74) is 2.44. The van der Waals surface area contributed by atoms with E-state index in [2.05, 4.69) is 48.7 Å². The van der Waals surface area contributed by atoms with Gasteiger partial charge >= 0.3 is 0 Å². The van der Waals surface area contributed by atoms with E-state index in [0.29, 0.717) is 18.3 Å². The molecule has 1 saturated heterocycles. The van der Waals surface area contributed by atoms with Crippen molar-refractivity contribution in [3.63, 3.8) is 0 Å². The molecule has 1 amide bonds. The van der Waals surface area contributed by atoms with Gasteiger partial charge in [-0.1, -0.05) is 38.1 Å². The van der Waals surface area contributed by atoms with Gasteiger partial charge in [-0.15, -0.1) is 0 Å². The van der Waals surface area contributed by atoms with E-state index in [4.69, 9.17) is 0 Å². The zero-order valence-corrected chi connectivity index (χ0v) is 11.9. The lowest BCUT2D eigenvalue weighted by molar-refractivity contribution is -0.120. The minimum atomic E-state index is 0.128. The maximum Gasteiger partial charge on any atom is 0.224 e. The first-order valence-electron chi connectivity index (χ1n) is 7.18. The van der Waals surface area contributed by atoms with Crippen LogP contribution in [0.15, 0.2) is 24.3 Å². The van der Waals surface area contributed by atoms with Crippen LogP contribution in [-0.4, -0.2) is 25.5 Å². The van der Waals surface area contributed by atoms with Crippen LogP contribution in [0, 0.1) is 11.8 Å². The van der Waals surface area contributed by atoms with Crippen LogP contribution < -0.4 is 10.6 Å². The predicted octanol–water partition coefficient (Wildman–Crippen LogP) is 1.76. The highest BCUT2D eigenvalue weighted by Gasteiger charge is 2.17. The van der Waals surface area contributed by atoms with Gasteiger partial charge in [0.2, 0.25) is 5.91 Å². The van der Waals surface area contributed by atoms with Gasteiger partial charge in [-0.25, -0.2) is 0 Å². The molecule has 3 heteroatoms. The topological polar surface area (TPSA) is 41.1 Å². The van der Waals surface area contributed by atoms with E-state index in [0.717, 1.165) is 31.6 Å². The molecule has 0 bridgehead atoms. The summed E-state index contributed by atoms with van der Waals surface area (Å²) in [6, 6.07) is 8.42. The molecule has 0 aromatic heterocycles. The van der Waals surface area contributed by atoms with E-state index in [1.807, 2.05) is 0 Å². The third-order valence-electron chi connectivity index (χ3n) is 3.49. The number of benzene rings is 1. The summed E-state index contributed by atoms with van der Waals surface area (Å²) < 4.78 is 0. The van der Waals surface area contributed by atoms with Crippen molar-refractivity contribution >= 4 is 5.91 Å². The van der Waals surface area contributed by atoms with Crippen molar-refractivity contribution in [1.82, 2.24) is 10.6 Å². The largest absolute Gasteiger partial charge is 0.355 e. The minimum Gasteiger partial charge on any atom is -0.355 e. The molecule has 1 aromatic carbocycles. The highest BCUT2D eigenvalue weighted by atomic mass is 16.1. The molecule has 2 N–H and O–H groups in total. The van der Waals surface area contributed by atoms with Crippen molar-refractivity contribution in [2.45, 2.75) is 26.7 Å². The zero-order valence-electron chi connectivity index (χ0n) is 11.9. The first-order chi connectivity index (χ1) is 9.13. The van der Waals surface area contributed by atoms with Crippen molar-refractivity contribution in [2.24, 2.45) is 11.8 Å². The number of rotatable bonds is 6. The monoisotopic (exact) mass is 260 g/mol. The Hall–Kier alpha value is -1.35. The number of carbonyl (C=O) groups is 1. The maximum absolute atomic E-state index is 11.8. The van der Waals surface area contributed by atoms with Crippen LogP contribution in [0.2, 0.25) is 0 Å². The molecule has 1 heterocycles. The van der Waals surface area contributed by atoms with Gasteiger partial charge in [0, 0.05) is 25.6 Å². The number of amides is 1. The Kier molecular flexibility index (Phi) is 4.97. The molecule has 1 aliphatic rings. The number of hydrogen-bond donors (Lipinski definition) is 2. The first kappa shape index (κ1) is 14.1. The molecule has 104 valence electrons. The van der Waals surface area contributed by atoms with Crippen molar-refractivity contribution in [3.05, 3.63) is 35.4 Å². The zero-order chi connectivity index (χ0) is 13.7. The molecule has 3 nitrogen and oxygen atoms in total. The van der Waals surface area contributed by atoms with Crippen molar-refractivity contribution < 1.29 is 4.79 Å².